The van der Waals surface area contributed by atoms with Gasteiger partial charge in [0.05, 0.1) is 9.72 Å². The molecule has 0 fully saturated rings. The molecule has 0 bridgehead atoms. The Morgan fingerprint density at radius 2 is 2.42 bits per heavy atom. The lowest BCUT2D eigenvalue weighted by Gasteiger charge is -1.85. The second kappa shape index (κ2) is 3.20. The van der Waals surface area contributed by atoms with E-state index < -0.39 is 0 Å². The number of halogens is 1. The summed E-state index contributed by atoms with van der Waals surface area (Å²) < 4.78 is 2.08. The zero-order valence-electron chi connectivity index (χ0n) is 6.24. The van der Waals surface area contributed by atoms with Gasteiger partial charge in [-0.3, -0.25) is 0 Å². The van der Waals surface area contributed by atoms with Crippen molar-refractivity contribution in [1.29, 1.82) is 0 Å². The largest absolute Gasteiger partial charge is 0.234 e. The predicted molar refractivity (Wildman–Crippen MR) is 54.2 cm³/mol. The van der Waals surface area contributed by atoms with Crippen LogP contribution in [-0.2, 0) is 0 Å². The Labute approximate surface area is 83.0 Å². The standard InChI is InChI=1S/C7H5ClN2S2/c1-11-7-10-6-5(12-7)2-4(8)3-9-6/h2-3H,1H3. The van der Waals surface area contributed by atoms with Crippen LogP contribution in [0.2, 0.25) is 5.02 Å². The number of fused-ring (bicyclic) bond motifs is 1. The van der Waals surface area contributed by atoms with Crippen LogP contribution in [0.1, 0.15) is 0 Å². The molecule has 2 nitrogen and oxygen atoms in total. The quantitative estimate of drug-likeness (QED) is 0.686. The van der Waals surface area contributed by atoms with E-state index >= 15 is 0 Å². The van der Waals surface area contributed by atoms with Crippen LogP contribution in [0.5, 0.6) is 0 Å². The van der Waals surface area contributed by atoms with Gasteiger partial charge in [0.25, 0.3) is 0 Å². The predicted octanol–water partition coefficient (Wildman–Crippen LogP) is 3.07. The molecule has 0 N–H and O–H groups in total. The Hall–Kier alpha value is -0.320. The minimum Gasteiger partial charge on any atom is -0.234 e. The summed E-state index contributed by atoms with van der Waals surface area (Å²) in [6.07, 6.45) is 3.62. The molecule has 0 saturated carbocycles. The molecule has 0 aliphatic rings. The summed E-state index contributed by atoms with van der Waals surface area (Å²) in [5.41, 5.74) is 0.786. The van der Waals surface area contributed by atoms with Crippen LogP contribution < -0.4 is 0 Å². The molecule has 12 heavy (non-hydrogen) atoms. The van der Waals surface area contributed by atoms with Gasteiger partial charge in [-0.05, 0) is 12.3 Å². The third kappa shape index (κ3) is 1.42. The fourth-order valence-corrected chi connectivity index (χ4v) is 2.56. The second-order valence-corrected chi connectivity index (χ2v) is 4.68. The van der Waals surface area contributed by atoms with E-state index in [1.165, 1.54) is 0 Å². The first-order valence-corrected chi connectivity index (χ1v) is 5.67. The average Bonchev–Trinajstić information content (AvgIpc) is 2.46. The molecular formula is C7H5ClN2S2. The minimum atomic E-state index is 0.666. The summed E-state index contributed by atoms with van der Waals surface area (Å²) in [6.45, 7) is 0. The van der Waals surface area contributed by atoms with E-state index in [-0.39, 0.29) is 0 Å². The number of nitrogens with zero attached hydrogens (tertiary/aromatic N) is 2. The van der Waals surface area contributed by atoms with Gasteiger partial charge in [0.2, 0.25) is 0 Å². The number of pyridine rings is 1. The second-order valence-electron chi connectivity index (χ2n) is 2.16. The zero-order valence-corrected chi connectivity index (χ0v) is 8.63. The molecule has 2 heterocycles. The fraction of sp³-hybridized carbons (Fsp3) is 0.143. The van der Waals surface area contributed by atoms with Crippen LogP contribution in [0.4, 0.5) is 0 Å². The molecule has 0 aliphatic carbocycles. The Morgan fingerprint density at radius 3 is 3.17 bits per heavy atom. The normalized spacial score (nSPS) is 10.8. The molecule has 0 radical (unpaired) electrons. The first-order chi connectivity index (χ1) is 5.79. The first-order valence-electron chi connectivity index (χ1n) is 3.25. The van der Waals surface area contributed by atoms with Crippen LogP contribution in [0.25, 0.3) is 10.3 Å². The van der Waals surface area contributed by atoms with Gasteiger partial charge >= 0.3 is 0 Å². The Morgan fingerprint density at radius 1 is 1.58 bits per heavy atom. The lowest BCUT2D eigenvalue weighted by atomic mass is 10.5. The molecule has 2 aromatic heterocycles. The number of thioether (sulfide) groups is 1. The van der Waals surface area contributed by atoms with Crippen molar-refractivity contribution in [3.8, 4) is 0 Å². The van der Waals surface area contributed by atoms with Crippen LogP contribution in [0, 0.1) is 0 Å². The fourth-order valence-electron chi connectivity index (χ4n) is 0.863. The molecule has 62 valence electrons. The van der Waals surface area contributed by atoms with E-state index in [4.69, 9.17) is 11.6 Å². The van der Waals surface area contributed by atoms with Gasteiger partial charge in [0.1, 0.15) is 0 Å². The van der Waals surface area contributed by atoms with Crippen LogP contribution in [0.3, 0.4) is 0 Å². The highest BCUT2D eigenvalue weighted by Crippen LogP contribution is 2.28. The average molecular weight is 217 g/mol. The number of hydrogen-bond acceptors (Lipinski definition) is 4. The zero-order chi connectivity index (χ0) is 8.55. The maximum atomic E-state index is 5.78. The monoisotopic (exact) mass is 216 g/mol. The van der Waals surface area contributed by atoms with Gasteiger partial charge in [-0.1, -0.05) is 23.4 Å². The van der Waals surface area contributed by atoms with Crippen molar-refractivity contribution in [3.63, 3.8) is 0 Å². The van der Waals surface area contributed by atoms with Crippen LogP contribution in [-0.4, -0.2) is 16.2 Å². The van der Waals surface area contributed by atoms with Crippen molar-refractivity contribution in [1.82, 2.24) is 9.97 Å². The van der Waals surface area contributed by atoms with Crippen molar-refractivity contribution < 1.29 is 0 Å². The van der Waals surface area contributed by atoms with Gasteiger partial charge in [-0.2, -0.15) is 0 Å². The highest BCUT2D eigenvalue weighted by molar-refractivity contribution is 8.00. The molecule has 0 atom stereocenters. The topological polar surface area (TPSA) is 25.8 Å². The molecule has 2 aromatic rings. The Balaban J connectivity index is 2.67. The minimum absolute atomic E-state index is 0.666. The van der Waals surface area contributed by atoms with E-state index in [1.54, 1.807) is 29.3 Å². The number of hydrogen-bond donors (Lipinski definition) is 0. The highest BCUT2D eigenvalue weighted by atomic mass is 35.5. The summed E-state index contributed by atoms with van der Waals surface area (Å²) in [6, 6.07) is 1.89. The number of rotatable bonds is 1. The molecule has 0 aliphatic heterocycles. The van der Waals surface area contributed by atoms with Crippen molar-refractivity contribution in [2.24, 2.45) is 0 Å². The summed E-state index contributed by atoms with van der Waals surface area (Å²) in [5.74, 6) is 0. The van der Waals surface area contributed by atoms with E-state index in [9.17, 15) is 0 Å². The Kier molecular flexibility index (Phi) is 2.21. The van der Waals surface area contributed by atoms with Crippen molar-refractivity contribution in [3.05, 3.63) is 17.3 Å². The molecule has 5 heteroatoms. The first kappa shape index (κ1) is 8.29. The van der Waals surface area contributed by atoms with E-state index in [2.05, 4.69) is 9.97 Å². The summed E-state index contributed by atoms with van der Waals surface area (Å²) in [7, 11) is 0. The van der Waals surface area contributed by atoms with Crippen LogP contribution in [0.15, 0.2) is 16.6 Å². The Bertz CT molecular complexity index is 413. The molecule has 0 unspecified atom stereocenters. The van der Waals surface area contributed by atoms with E-state index in [1.807, 2.05) is 12.3 Å². The lowest BCUT2D eigenvalue weighted by molar-refractivity contribution is 1.24. The molecule has 0 spiro atoms. The summed E-state index contributed by atoms with van der Waals surface area (Å²) in [5, 5.41) is 0.666. The van der Waals surface area contributed by atoms with Crippen molar-refractivity contribution >= 4 is 45.0 Å². The summed E-state index contributed by atoms with van der Waals surface area (Å²) >= 11 is 9.02. The van der Waals surface area contributed by atoms with Crippen molar-refractivity contribution in [2.75, 3.05) is 6.26 Å². The van der Waals surface area contributed by atoms with Gasteiger partial charge in [-0.25, -0.2) is 9.97 Å². The maximum absolute atomic E-state index is 5.78. The third-order valence-electron chi connectivity index (χ3n) is 1.37. The SMILES string of the molecule is CSc1nc2ncc(Cl)cc2s1. The summed E-state index contributed by atoms with van der Waals surface area (Å²) in [4.78, 5) is 8.39. The molecule has 0 saturated heterocycles. The molecule has 2 rings (SSSR count). The molecule has 0 amide bonds. The highest BCUT2D eigenvalue weighted by Gasteiger charge is 2.03. The van der Waals surface area contributed by atoms with Gasteiger partial charge < -0.3 is 0 Å². The van der Waals surface area contributed by atoms with Gasteiger partial charge in [0, 0.05) is 6.20 Å². The van der Waals surface area contributed by atoms with E-state index in [0.717, 1.165) is 14.7 Å². The molecule has 0 aromatic carbocycles. The van der Waals surface area contributed by atoms with Gasteiger partial charge in [0.15, 0.2) is 9.99 Å². The van der Waals surface area contributed by atoms with Crippen molar-refractivity contribution in [2.45, 2.75) is 4.34 Å². The molecular weight excluding hydrogens is 212 g/mol. The van der Waals surface area contributed by atoms with Gasteiger partial charge in [-0.15, -0.1) is 11.3 Å². The number of thiazole rings is 1. The number of aromatic nitrogens is 2. The van der Waals surface area contributed by atoms with E-state index in [0.29, 0.717) is 5.02 Å². The smallest absolute Gasteiger partial charge is 0.171 e. The van der Waals surface area contributed by atoms with Crippen LogP contribution >= 0.6 is 34.7 Å². The lowest BCUT2D eigenvalue weighted by Crippen LogP contribution is -1.74. The maximum Gasteiger partial charge on any atom is 0.171 e. The third-order valence-corrected chi connectivity index (χ3v) is 3.55.